The number of piperidine rings is 1. The van der Waals surface area contributed by atoms with Gasteiger partial charge in [-0.25, -0.2) is 14.6 Å². The van der Waals surface area contributed by atoms with Crippen molar-refractivity contribution in [2.45, 2.75) is 25.3 Å². The second-order valence-corrected chi connectivity index (χ2v) is 6.64. The van der Waals surface area contributed by atoms with Crippen molar-refractivity contribution in [3.63, 3.8) is 0 Å². The van der Waals surface area contributed by atoms with Gasteiger partial charge in [0.25, 0.3) is 0 Å². The molecule has 2 aromatic heterocycles. The van der Waals surface area contributed by atoms with Gasteiger partial charge in [0.05, 0.1) is 12.8 Å². The third-order valence-electron chi connectivity index (χ3n) is 5.00. The first-order valence-electron chi connectivity index (χ1n) is 8.73. The van der Waals surface area contributed by atoms with Crippen molar-refractivity contribution in [1.29, 1.82) is 0 Å². The quantitative estimate of drug-likeness (QED) is 0.733. The van der Waals surface area contributed by atoms with Crippen LogP contribution in [0.15, 0.2) is 36.7 Å². The highest BCUT2D eigenvalue weighted by atomic mass is 16.5. The van der Waals surface area contributed by atoms with Gasteiger partial charge >= 0.3 is 0 Å². The number of rotatable bonds is 4. The van der Waals surface area contributed by atoms with Crippen LogP contribution in [-0.4, -0.2) is 44.8 Å². The maximum Gasteiger partial charge on any atom is 0.176 e. The average Bonchev–Trinajstić information content (AvgIpc) is 3.00. The van der Waals surface area contributed by atoms with Gasteiger partial charge in [-0.2, -0.15) is 5.10 Å². The number of likely N-dealkylation sites (tertiary alicyclic amines) is 1. The van der Waals surface area contributed by atoms with E-state index >= 15 is 0 Å². The summed E-state index contributed by atoms with van der Waals surface area (Å²) >= 11 is 0. The lowest BCUT2D eigenvalue weighted by atomic mass is 9.93. The van der Waals surface area contributed by atoms with E-state index in [9.17, 15) is 0 Å². The first kappa shape index (κ1) is 16.0. The van der Waals surface area contributed by atoms with Crippen LogP contribution in [0.4, 0.5) is 0 Å². The van der Waals surface area contributed by atoms with Crippen LogP contribution < -0.4 is 4.74 Å². The zero-order valence-electron chi connectivity index (χ0n) is 14.7. The van der Waals surface area contributed by atoms with Crippen LogP contribution in [0.3, 0.4) is 0 Å². The third-order valence-corrected chi connectivity index (χ3v) is 5.00. The Morgan fingerprint density at radius 3 is 2.76 bits per heavy atom. The summed E-state index contributed by atoms with van der Waals surface area (Å²) in [6, 6.07) is 8.33. The Hall–Kier alpha value is -2.47. The summed E-state index contributed by atoms with van der Waals surface area (Å²) in [6.45, 7) is 3.10. The van der Waals surface area contributed by atoms with E-state index in [1.54, 1.807) is 19.5 Å². The summed E-state index contributed by atoms with van der Waals surface area (Å²) in [5, 5.41) is 4.70. The molecule has 0 aliphatic carbocycles. The number of benzene rings is 1. The molecule has 3 heterocycles. The molecule has 1 aliphatic heterocycles. The average molecular weight is 337 g/mol. The van der Waals surface area contributed by atoms with Crippen LogP contribution in [0.1, 0.15) is 30.0 Å². The molecule has 0 amide bonds. The van der Waals surface area contributed by atoms with Gasteiger partial charge in [-0.15, -0.1) is 0 Å². The van der Waals surface area contributed by atoms with Gasteiger partial charge in [0, 0.05) is 31.9 Å². The van der Waals surface area contributed by atoms with Crippen LogP contribution in [0, 0.1) is 0 Å². The fourth-order valence-corrected chi connectivity index (χ4v) is 3.67. The molecular weight excluding hydrogens is 314 g/mol. The number of hydrogen-bond donors (Lipinski definition) is 0. The molecule has 0 radical (unpaired) electrons. The fraction of sp³-hybridized carbons (Fsp3) is 0.421. The summed E-state index contributed by atoms with van der Waals surface area (Å²) in [5.74, 6) is 1.38. The number of fused-ring (bicyclic) bond motifs is 1. The number of methoxy groups -OCH3 is 1. The Balaban J connectivity index is 1.44. The Bertz CT molecular complexity index is 867. The minimum absolute atomic E-state index is 0.460. The Kier molecular flexibility index (Phi) is 4.36. The van der Waals surface area contributed by atoms with E-state index in [-0.39, 0.29) is 0 Å². The van der Waals surface area contributed by atoms with Gasteiger partial charge in [0.1, 0.15) is 11.3 Å². The molecule has 1 fully saturated rings. The minimum Gasteiger partial charge on any atom is -0.497 e. The molecule has 1 aliphatic rings. The fourth-order valence-electron chi connectivity index (χ4n) is 3.67. The van der Waals surface area contributed by atoms with Crippen LogP contribution in [-0.2, 0) is 13.6 Å². The molecule has 0 unspecified atom stereocenters. The van der Waals surface area contributed by atoms with E-state index in [1.165, 1.54) is 5.56 Å². The maximum atomic E-state index is 5.32. The molecule has 0 saturated carbocycles. The summed E-state index contributed by atoms with van der Waals surface area (Å²) in [6.07, 6.45) is 5.69. The molecule has 3 aromatic rings. The number of aromatic nitrogens is 4. The van der Waals surface area contributed by atoms with Gasteiger partial charge in [-0.3, -0.25) is 4.90 Å². The largest absolute Gasteiger partial charge is 0.497 e. The molecular formula is C19H23N5O. The van der Waals surface area contributed by atoms with Crippen LogP contribution >= 0.6 is 0 Å². The predicted molar refractivity (Wildman–Crippen MR) is 96.6 cm³/mol. The lowest BCUT2D eigenvalue weighted by molar-refractivity contribution is 0.203. The van der Waals surface area contributed by atoms with E-state index in [2.05, 4.69) is 33.1 Å². The van der Waals surface area contributed by atoms with E-state index in [0.717, 1.165) is 55.1 Å². The van der Waals surface area contributed by atoms with Crippen LogP contribution in [0.25, 0.3) is 11.2 Å². The predicted octanol–water partition coefficient (Wildman–Crippen LogP) is 2.75. The van der Waals surface area contributed by atoms with Crippen LogP contribution in [0.5, 0.6) is 5.75 Å². The van der Waals surface area contributed by atoms with Crippen molar-refractivity contribution in [1.82, 2.24) is 24.6 Å². The summed E-state index contributed by atoms with van der Waals surface area (Å²) in [5.41, 5.74) is 4.23. The zero-order chi connectivity index (χ0) is 17.2. The van der Waals surface area contributed by atoms with Crippen LogP contribution in [0.2, 0.25) is 0 Å². The maximum absolute atomic E-state index is 5.32. The summed E-state index contributed by atoms with van der Waals surface area (Å²) in [7, 11) is 3.66. The topological polar surface area (TPSA) is 56.1 Å². The number of ether oxygens (including phenoxy) is 1. The lowest BCUT2D eigenvalue weighted by Gasteiger charge is -2.31. The molecule has 0 spiro atoms. The van der Waals surface area contributed by atoms with E-state index < -0.39 is 0 Å². The minimum atomic E-state index is 0.460. The van der Waals surface area contributed by atoms with Gasteiger partial charge in [0.2, 0.25) is 0 Å². The van der Waals surface area contributed by atoms with Gasteiger partial charge in [-0.1, -0.05) is 12.1 Å². The molecule has 130 valence electrons. The normalized spacial score (nSPS) is 16.4. The highest BCUT2D eigenvalue weighted by molar-refractivity contribution is 5.73. The van der Waals surface area contributed by atoms with Crippen molar-refractivity contribution in [3.8, 4) is 5.75 Å². The van der Waals surface area contributed by atoms with Crippen molar-refractivity contribution in [2.75, 3.05) is 20.2 Å². The standard InChI is InChI=1S/C19H23N5O/c1-23-19-18(20-8-9-21-19)17(22-23)15-6-10-24(11-7-15)13-14-4-3-5-16(12-14)25-2/h3-5,8-9,12,15H,6-7,10-11,13H2,1-2H3. The first-order chi connectivity index (χ1) is 12.2. The number of nitrogens with zero attached hydrogens (tertiary/aromatic N) is 5. The third kappa shape index (κ3) is 3.22. The number of hydrogen-bond acceptors (Lipinski definition) is 5. The van der Waals surface area contributed by atoms with Crippen molar-refractivity contribution in [2.24, 2.45) is 7.05 Å². The molecule has 1 saturated heterocycles. The molecule has 6 heteroatoms. The van der Waals surface area contributed by atoms with Gasteiger partial charge < -0.3 is 4.74 Å². The summed E-state index contributed by atoms with van der Waals surface area (Å²) < 4.78 is 7.17. The molecule has 6 nitrogen and oxygen atoms in total. The second-order valence-electron chi connectivity index (χ2n) is 6.64. The van der Waals surface area contributed by atoms with Gasteiger partial charge in [-0.05, 0) is 43.6 Å². The molecule has 0 bridgehead atoms. The molecule has 4 rings (SSSR count). The van der Waals surface area contributed by atoms with E-state index in [4.69, 9.17) is 9.84 Å². The smallest absolute Gasteiger partial charge is 0.176 e. The van der Waals surface area contributed by atoms with Crippen molar-refractivity contribution >= 4 is 11.2 Å². The SMILES string of the molecule is COc1cccc(CN2CCC(c3nn(C)c4nccnc34)CC2)c1. The van der Waals surface area contributed by atoms with Crippen molar-refractivity contribution in [3.05, 3.63) is 47.9 Å². The Labute approximate surface area is 147 Å². The van der Waals surface area contributed by atoms with Crippen molar-refractivity contribution < 1.29 is 4.74 Å². The highest BCUT2D eigenvalue weighted by Crippen LogP contribution is 2.31. The first-order valence-corrected chi connectivity index (χ1v) is 8.73. The lowest BCUT2D eigenvalue weighted by Crippen LogP contribution is -2.32. The van der Waals surface area contributed by atoms with E-state index in [1.807, 2.05) is 17.8 Å². The zero-order valence-corrected chi connectivity index (χ0v) is 14.7. The Morgan fingerprint density at radius 2 is 1.96 bits per heavy atom. The summed E-state index contributed by atoms with van der Waals surface area (Å²) in [4.78, 5) is 11.4. The van der Waals surface area contributed by atoms with Gasteiger partial charge in [0.15, 0.2) is 5.65 Å². The molecule has 0 N–H and O–H groups in total. The highest BCUT2D eigenvalue weighted by Gasteiger charge is 2.25. The molecule has 25 heavy (non-hydrogen) atoms. The van der Waals surface area contributed by atoms with E-state index in [0.29, 0.717) is 5.92 Å². The Morgan fingerprint density at radius 1 is 1.16 bits per heavy atom. The monoisotopic (exact) mass is 337 g/mol. The number of aryl methyl sites for hydroxylation is 1. The molecule has 1 aromatic carbocycles. The molecule has 0 atom stereocenters. The second kappa shape index (κ2) is 6.80.